The van der Waals surface area contributed by atoms with E-state index in [1.807, 2.05) is 0 Å². The third-order valence-electron chi connectivity index (χ3n) is 9.25. The zero-order valence-corrected chi connectivity index (χ0v) is 35.6. The van der Waals surface area contributed by atoms with Crippen LogP contribution in [0.15, 0.2) is 36.5 Å². The van der Waals surface area contributed by atoms with Crippen molar-refractivity contribution < 1.29 is 37.6 Å². The molecule has 0 aromatic rings. The van der Waals surface area contributed by atoms with Crippen LogP contribution in [0.25, 0.3) is 0 Å². The molecule has 0 saturated heterocycles. The predicted molar refractivity (Wildman–Crippen MR) is 224 cm³/mol. The lowest BCUT2D eigenvalue weighted by atomic mass is 10.1. The molecule has 2 atom stereocenters. The van der Waals surface area contributed by atoms with Gasteiger partial charge in [0.2, 0.25) is 0 Å². The number of carbonyl (C=O) groups is 2. The van der Waals surface area contributed by atoms with Gasteiger partial charge in [0, 0.05) is 19.4 Å². The van der Waals surface area contributed by atoms with Crippen LogP contribution in [0.5, 0.6) is 0 Å². The molecule has 0 radical (unpaired) electrons. The fraction of sp³-hybridized carbons (Fsp3) is 0.818. The fourth-order valence-corrected chi connectivity index (χ4v) is 6.72. The molecule has 0 amide bonds. The third kappa shape index (κ3) is 39.9. The van der Waals surface area contributed by atoms with Crippen molar-refractivity contribution in [2.24, 2.45) is 5.73 Å². The molecule has 1 unspecified atom stereocenters. The first-order valence-corrected chi connectivity index (χ1v) is 23.5. The SMILES string of the molecule is CCCCC/C=C/C/C=C/CCCCCCCCCCCC(=O)OC[C@@H](COP(=O)(O)OCCN)OC(=O)CCCCCCC/C=C/CCCCCCC. The second-order valence-corrected chi connectivity index (χ2v) is 16.0. The van der Waals surface area contributed by atoms with Gasteiger partial charge in [-0.25, -0.2) is 4.57 Å². The standard InChI is InChI=1S/C44H82NO8P/c1-3-5-7-9-11-13-15-17-19-20-21-22-23-25-26-28-30-32-34-36-43(46)50-40-42(41-52-54(48,49)51-39-38-45)53-44(47)37-35-33-31-29-27-24-18-16-14-12-10-8-6-4-2/h11,13,16-19,42H,3-10,12,14-15,20-41,45H2,1-2H3,(H,48,49)/b13-11+,18-16+,19-17+/t42-/m0/s1. The first kappa shape index (κ1) is 52.2. The summed E-state index contributed by atoms with van der Waals surface area (Å²) in [6.07, 6.45) is 44.5. The molecular formula is C44H82NO8P. The summed E-state index contributed by atoms with van der Waals surface area (Å²) < 4.78 is 32.8. The van der Waals surface area contributed by atoms with Crippen LogP contribution in [0.1, 0.15) is 200 Å². The lowest BCUT2D eigenvalue weighted by molar-refractivity contribution is -0.161. The molecule has 10 heteroatoms. The number of phosphoric acid groups is 1. The summed E-state index contributed by atoms with van der Waals surface area (Å²) in [6.45, 7) is 3.69. The number of nitrogens with two attached hydrogens (primary N) is 1. The lowest BCUT2D eigenvalue weighted by Gasteiger charge is -2.19. The molecule has 0 aliphatic rings. The molecule has 0 bridgehead atoms. The van der Waals surface area contributed by atoms with Crippen molar-refractivity contribution in [2.75, 3.05) is 26.4 Å². The molecule has 0 saturated carbocycles. The van der Waals surface area contributed by atoms with Crippen LogP contribution in [-0.4, -0.2) is 49.3 Å². The van der Waals surface area contributed by atoms with Gasteiger partial charge in [-0.3, -0.25) is 18.6 Å². The van der Waals surface area contributed by atoms with Crippen LogP contribution in [0, 0.1) is 0 Å². The van der Waals surface area contributed by atoms with E-state index in [4.69, 9.17) is 24.3 Å². The van der Waals surface area contributed by atoms with Crippen molar-refractivity contribution in [2.45, 2.75) is 206 Å². The van der Waals surface area contributed by atoms with Crippen LogP contribution < -0.4 is 5.73 Å². The van der Waals surface area contributed by atoms with E-state index in [1.165, 1.54) is 109 Å². The van der Waals surface area contributed by atoms with Gasteiger partial charge >= 0.3 is 19.8 Å². The van der Waals surface area contributed by atoms with Crippen LogP contribution >= 0.6 is 7.82 Å². The second-order valence-electron chi connectivity index (χ2n) is 14.6. The van der Waals surface area contributed by atoms with Gasteiger partial charge in [0.1, 0.15) is 6.61 Å². The summed E-state index contributed by atoms with van der Waals surface area (Å²) in [5.41, 5.74) is 5.35. The normalized spacial score (nSPS) is 13.6. The van der Waals surface area contributed by atoms with E-state index in [0.717, 1.165) is 57.8 Å². The Kier molecular flexibility index (Phi) is 39.5. The van der Waals surface area contributed by atoms with Crippen LogP contribution in [0.3, 0.4) is 0 Å². The molecule has 9 nitrogen and oxygen atoms in total. The summed E-state index contributed by atoms with van der Waals surface area (Å²) in [6, 6.07) is 0. The molecule has 0 rings (SSSR count). The number of hydrogen-bond donors (Lipinski definition) is 2. The summed E-state index contributed by atoms with van der Waals surface area (Å²) in [4.78, 5) is 34.9. The van der Waals surface area contributed by atoms with Crippen molar-refractivity contribution in [3.05, 3.63) is 36.5 Å². The largest absolute Gasteiger partial charge is 0.472 e. The van der Waals surface area contributed by atoms with Gasteiger partial charge in [-0.1, -0.05) is 153 Å². The monoisotopic (exact) mass is 784 g/mol. The maximum atomic E-state index is 12.6. The number of allylic oxidation sites excluding steroid dienone is 6. The van der Waals surface area contributed by atoms with Gasteiger partial charge < -0.3 is 20.1 Å². The highest BCUT2D eigenvalue weighted by Crippen LogP contribution is 2.43. The molecule has 0 heterocycles. The average molecular weight is 784 g/mol. The summed E-state index contributed by atoms with van der Waals surface area (Å²) in [5, 5.41) is 0. The van der Waals surface area contributed by atoms with Crippen molar-refractivity contribution in [1.82, 2.24) is 0 Å². The molecule has 0 aliphatic carbocycles. The van der Waals surface area contributed by atoms with Gasteiger partial charge in [-0.05, 0) is 70.6 Å². The number of carbonyl (C=O) groups excluding carboxylic acids is 2. The zero-order valence-electron chi connectivity index (χ0n) is 34.7. The molecule has 0 aliphatic heterocycles. The molecule has 0 aromatic carbocycles. The van der Waals surface area contributed by atoms with Crippen LogP contribution in [0.2, 0.25) is 0 Å². The van der Waals surface area contributed by atoms with Crippen LogP contribution in [0.4, 0.5) is 0 Å². The highest BCUT2D eigenvalue weighted by Gasteiger charge is 2.26. The molecule has 0 aromatic heterocycles. The van der Waals surface area contributed by atoms with Crippen LogP contribution in [-0.2, 0) is 32.7 Å². The lowest BCUT2D eigenvalue weighted by Crippen LogP contribution is -2.29. The quantitative estimate of drug-likeness (QED) is 0.0269. The van der Waals surface area contributed by atoms with Gasteiger partial charge in [-0.2, -0.15) is 0 Å². The highest BCUT2D eigenvalue weighted by atomic mass is 31.2. The topological polar surface area (TPSA) is 134 Å². The van der Waals surface area contributed by atoms with E-state index in [2.05, 4.69) is 50.3 Å². The number of ether oxygens (including phenoxy) is 2. The van der Waals surface area contributed by atoms with E-state index < -0.39 is 26.5 Å². The molecule has 3 N–H and O–H groups in total. The highest BCUT2D eigenvalue weighted by molar-refractivity contribution is 7.47. The molecule has 54 heavy (non-hydrogen) atoms. The number of unbranched alkanes of at least 4 members (excludes halogenated alkanes) is 22. The molecule has 316 valence electrons. The van der Waals surface area contributed by atoms with Crippen molar-refractivity contribution in [3.63, 3.8) is 0 Å². The van der Waals surface area contributed by atoms with Gasteiger partial charge in [0.25, 0.3) is 0 Å². The van der Waals surface area contributed by atoms with Gasteiger partial charge in [0.15, 0.2) is 6.10 Å². The Morgan fingerprint density at radius 1 is 0.556 bits per heavy atom. The van der Waals surface area contributed by atoms with Crippen molar-refractivity contribution in [3.8, 4) is 0 Å². The predicted octanol–water partition coefficient (Wildman–Crippen LogP) is 12.6. The number of hydrogen-bond acceptors (Lipinski definition) is 8. The fourth-order valence-electron chi connectivity index (χ4n) is 5.95. The van der Waals surface area contributed by atoms with E-state index in [-0.39, 0.29) is 38.6 Å². The first-order valence-electron chi connectivity index (χ1n) is 22.0. The Labute approximate surface area is 331 Å². The Balaban J connectivity index is 4.13. The Bertz CT molecular complexity index is 986. The van der Waals surface area contributed by atoms with E-state index in [1.54, 1.807) is 0 Å². The summed E-state index contributed by atoms with van der Waals surface area (Å²) >= 11 is 0. The Morgan fingerprint density at radius 2 is 0.963 bits per heavy atom. The maximum absolute atomic E-state index is 12.6. The van der Waals surface area contributed by atoms with Gasteiger partial charge in [0.05, 0.1) is 13.2 Å². The molecule has 0 fully saturated rings. The minimum atomic E-state index is -4.38. The smallest absolute Gasteiger partial charge is 0.462 e. The third-order valence-corrected chi connectivity index (χ3v) is 10.2. The summed E-state index contributed by atoms with van der Waals surface area (Å²) in [5.74, 6) is -0.841. The number of phosphoric ester groups is 1. The minimum absolute atomic E-state index is 0.0514. The Hall–Kier alpha value is -1.77. The Morgan fingerprint density at radius 3 is 1.46 bits per heavy atom. The molecule has 0 spiro atoms. The molecular weight excluding hydrogens is 701 g/mol. The maximum Gasteiger partial charge on any atom is 0.472 e. The van der Waals surface area contributed by atoms with E-state index >= 15 is 0 Å². The van der Waals surface area contributed by atoms with Crippen molar-refractivity contribution >= 4 is 19.8 Å². The zero-order chi connectivity index (χ0) is 39.6. The average Bonchev–Trinajstić information content (AvgIpc) is 3.16. The van der Waals surface area contributed by atoms with E-state index in [0.29, 0.717) is 6.42 Å². The minimum Gasteiger partial charge on any atom is -0.462 e. The van der Waals surface area contributed by atoms with Crippen molar-refractivity contribution in [1.29, 1.82) is 0 Å². The van der Waals surface area contributed by atoms with E-state index in [9.17, 15) is 19.0 Å². The van der Waals surface area contributed by atoms with Gasteiger partial charge in [-0.15, -0.1) is 0 Å². The second kappa shape index (κ2) is 40.9. The summed E-state index contributed by atoms with van der Waals surface area (Å²) in [7, 11) is -4.38. The number of esters is 2. The number of rotatable bonds is 41. The first-order chi connectivity index (χ1) is 26.3.